The van der Waals surface area contributed by atoms with Crippen LogP contribution in [0.5, 0.6) is 0 Å². The zero-order valence-electron chi connectivity index (χ0n) is 15.0. The molecule has 28 heavy (non-hydrogen) atoms. The topological polar surface area (TPSA) is 34.0 Å². The standard InChI is InChI=1S/C22H19F3N2O/c23-22(24,25)16-8-10-17(11-9-16)26-21(28)18-12-14-27-13-4-7-19(27)20(18)15-5-2-1-3-6-15/h1-11,13,18,20H,12,14H2,(H,26,28). The van der Waals surface area contributed by atoms with Crippen LogP contribution in [0.3, 0.4) is 0 Å². The molecule has 3 nitrogen and oxygen atoms in total. The Bertz CT molecular complexity index is 961. The zero-order valence-corrected chi connectivity index (χ0v) is 15.0. The molecular weight excluding hydrogens is 365 g/mol. The molecule has 144 valence electrons. The molecule has 2 aromatic carbocycles. The fourth-order valence-corrected chi connectivity index (χ4v) is 3.89. The lowest BCUT2D eigenvalue weighted by Gasteiger charge is -2.33. The van der Waals surface area contributed by atoms with E-state index in [4.69, 9.17) is 0 Å². The number of fused-ring (bicyclic) bond motifs is 1. The van der Waals surface area contributed by atoms with Gasteiger partial charge in [0, 0.05) is 30.0 Å². The van der Waals surface area contributed by atoms with Gasteiger partial charge < -0.3 is 9.88 Å². The average Bonchev–Trinajstić information content (AvgIpc) is 3.16. The molecule has 0 bridgehead atoms. The number of nitrogens with zero attached hydrogens (tertiary/aromatic N) is 1. The number of halogens is 3. The minimum absolute atomic E-state index is 0.0978. The Hall–Kier alpha value is -3.02. The molecule has 1 N–H and O–H groups in total. The minimum Gasteiger partial charge on any atom is -0.351 e. The summed E-state index contributed by atoms with van der Waals surface area (Å²) in [6.07, 6.45) is -1.72. The molecule has 1 aliphatic rings. The van der Waals surface area contributed by atoms with E-state index in [0.717, 1.165) is 29.9 Å². The van der Waals surface area contributed by atoms with Gasteiger partial charge in [0.2, 0.25) is 5.91 Å². The van der Waals surface area contributed by atoms with Crippen molar-refractivity contribution in [3.63, 3.8) is 0 Å². The van der Waals surface area contributed by atoms with Crippen LogP contribution in [0.4, 0.5) is 18.9 Å². The lowest BCUT2D eigenvalue weighted by Crippen LogP contribution is -2.34. The molecule has 3 aromatic rings. The molecule has 0 saturated carbocycles. The highest BCUT2D eigenvalue weighted by atomic mass is 19.4. The van der Waals surface area contributed by atoms with Crippen molar-refractivity contribution in [2.75, 3.05) is 5.32 Å². The molecule has 0 aliphatic carbocycles. The summed E-state index contributed by atoms with van der Waals surface area (Å²) in [6, 6.07) is 18.4. The van der Waals surface area contributed by atoms with Crippen LogP contribution >= 0.6 is 0 Å². The second-order valence-electron chi connectivity index (χ2n) is 6.97. The van der Waals surface area contributed by atoms with E-state index in [2.05, 4.69) is 9.88 Å². The van der Waals surface area contributed by atoms with Crippen LogP contribution in [0.25, 0.3) is 0 Å². The van der Waals surface area contributed by atoms with E-state index >= 15 is 0 Å². The van der Waals surface area contributed by atoms with Crippen molar-refractivity contribution in [3.05, 3.63) is 89.7 Å². The molecular formula is C22H19F3N2O. The number of aryl methyl sites for hydroxylation is 1. The van der Waals surface area contributed by atoms with Crippen molar-refractivity contribution in [2.24, 2.45) is 5.92 Å². The van der Waals surface area contributed by atoms with E-state index in [1.807, 2.05) is 48.7 Å². The van der Waals surface area contributed by atoms with Gasteiger partial charge in [-0.15, -0.1) is 0 Å². The number of carbonyl (C=O) groups excluding carboxylic acids is 1. The zero-order chi connectivity index (χ0) is 19.7. The number of aromatic nitrogens is 1. The lowest BCUT2D eigenvalue weighted by atomic mass is 9.79. The van der Waals surface area contributed by atoms with Crippen LogP contribution in [-0.2, 0) is 17.5 Å². The number of hydrogen-bond donors (Lipinski definition) is 1. The van der Waals surface area contributed by atoms with E-state index in [9.17, 15) is 18.0 Å². The second-order valence-corrected chi connectivity index (χ2v) is 6.97. The normalized spacial score (nSPS) is 19.1. The summed E-state index contributed by atoms with van der Waals surface area (Å²) in [4.78, 5) is 13.0. The first-order valence-electron chi connectivity index (χ1n) is 9.11. The van der Waals surface area contributed by atoms with Crippen LogP contribution in [-0.4, -0.2) is 10.5 Å². The Morgan fingerprint density at radius 1 is 0.964 bits per heavy atom. The summed E-state index contributed by atoms with van der Waals surface area (Å²) in [5.41, 5.74) is 1.76. The first-order valence-corrected chi connectivity index (χ1v) is 9.11. The van der Waals surface area contributed by atoms with Gasteiger partial charge in [-0.2, -0.15) is 13.2 Å². The Morgan fingerprint density at radius 3 is 2.36 bits per heavy atom. The third-order valence-electron chi connectivity index (χ3n) is 5.24. The van der Waals surface area contributed by atoms with E-state index in [0.29, 0.717) is 12.1 Å². The Labute approximate surface area is 160 Å². The maximum Gasteiger partial charge on any atom is 0.416 e. The number of hydrogen-bond acceptors (Lipinski definition) is 1. The fraction of sp³-hybridized carbons (Fsp3) is 0.227. The molecule has 6 heteroatoms. The average molecular weight is 384 g/mol. The summed E-state index contributed by atoms with van der Waals surface area (Å²) in [6.45, 7) is 0.733. The molecule has 2 unspecified atom stereocenters. The first-order chi connectivity index (χ1) is 13.4. The van der Waals surface area contributed by atoms with Crippen LogP contribution in [0.1, 0.15) is 29.2 Å². The van der Waals surface area contributed by atoms with Crippen molar-refractivity contribution in [2.45, 2.75) is 25.1 Å². The molecule has 1 aliphatic heterocycles. The minimum atomic E-state index is -4.39. The van der Waals surface area contributed by atoms with E-state index in [1.54, 1.807) is 0 Å². The van der Waals surface area contributed by atoms with Gasteiger partial charge in [-0.3, -0.25) is 4.79 Å². The van der Waals surface area contributed by atoms with Gasteiger partial charge in [0.05, 0.1) is 11.5 Å². The summed E-state index contributed by atoms with van der Waals surface area (Å²) in [5, 5.41) is 2.80. The Morgan fingerprint density at radius 2 is 1.68 bits per heavy atom. The number of nitrogens with one attached hydrogen (secondary N) is 1. The van der Waals surface area contributed by atoms with Crippen LogP contribution in [0, 0.1) is 5.92 Å². The molecule has 0 radical (unpaired) electrons. The largest absolute Gasteiger partial charge is 0.416 e. The molecule has 0 saturated heterocycles. The molecule has 0 fully saturated rings. The summed E-state index contributed by atoms with van der Waals surface area (Å²) < 4.78 is 40.3. The van der Waals surface area contributed by atoms with Gasteiger partial charge in [-0.1, -0.05) is 30.3 Å². The summed E-state index contributed by atoms with van der Waals surface area (Å²) in [7, 11) is 0. The van der Waals surface area contributed by atoms with Gasteiger partial charge in [0.25, 0.3) is 0 Å². The quantitative estimate of drug-likeness (QED) is 0.653. The van der Waals surface area contributed by atoms with Crippen molar-refractivity contribution >= 4 is 11.6 Å². The lowest BCUT2D eigenvalue weighted by molar-refractivity contribution is -0.137. The molecule has 2 atom stereocenters. The van der Waals surface area contributed by atoms with Gasteiger partial charge >= 0.3 is 6.18 Å². The van der Waals surface area contributed by atoms with Gasteiger partial charge in [-0.05, 0) is 48.4 Å². The third kappa shape index (κ3) is 3.54. The molecule has 1 amide bonds. The predicted molar refractivity (Wildman–Crippen MR) is 101 cm³/mol. The van der Waals surface area contributed by atoms with Crippen molar-refractivity contribution in [3.8, 4) is 0 Å². The molecule has 0 spiro atoms. The maximum absolute atomic E-state index is 13.0. The highest BCUT2D eigenvalue weighted by Gasteiger charge is 2.36. The number of benzene rings is 2. The molecule has 1 aromatic heterocycles. The maximum atomic E-state index is 13.0. The fourth-order valence-electron chi connectivity index (χ4n) is 3.89. The monoisotopic (exact) mass is 384 g/mol. The van der Waals surface area contributed by atoms with E-state index in [-0.39, 0.29) is 17.7 Å². The summed E-state index contributed by atoms with van der Waals surface area (Å²) >= 11 is 0. The summed E-state index contributed by atoms with van der Waals surface area (Å²) in [5.74, 6) is -0.576. The van der Waals surface area contributed by atoms with Gasteiger partial charge in [0.1, 0.15) is 0 Å². The number of anilines is 1. The Kier molecular flexibility index (Phi) is 4.71. The number of rotatable bonds is 3. The molecule has 2 heterocycles. The van der Waals surface area contributed by atoms with Crippen molar-refractivity contribution < 1.29 is 18.0 Å². The number of carbonyl (C=O) groups is 1. The van der Waals surface area contributed by atoms with Gasteiger partial charge in [-0.25, -0.2) is 0 Å². The second kappa shape index (κ2) is 7.19. The van der Waals surface area contributed by atoms with Crippen LogP contribution < -0.4 is 5.32 Å². The first kappa shape index (κ1) is 18.3. The third-order valence-corrected chi connectivity index (χ3v) is 5.24. The van der Waals surface area contributed by atoms with Crippen molar-refractivity contribution in [1.82, 2.24) is 4.57 Å². The smallest absolute Gasteiger partial charge is 0.351 e. The van der Waals surface area contributed by atoms with E-state index in [1.165, 1.54) is 12.1 Å². The Balaban J connectivity index is 1.59. The van der Waals surface area contributed by atoms with Crippen LogP contribution in [0.2, 0.25) is 0 Å². The van der Waals surface area contributed by atoms with Gasteiger partial charge in [0.15, 0.2) is 0 Å². The molecule has 4 rings (SSSR count). The highest BCUT2D eigenvalue weighted by Crippen LogP contribution is 2.39. The van der Waals surface area contributed by atoms with E-state index < -0.39 is 11.7 Å². The predicted octanol–water partition coefficient (Wildman–Crippen LogP) is 5.30. The van der Waals surface area contributed by atoms with Crippen LogP contribution in [0.15, 0.2) is 72.9 Å². The number of amides is 1. The highest BCUT2D eigenvalue weighted by molar-refractivity contribution is 5.93. The number of alkyl halides is 3. The SMILES string of the molecule is O=C(Nc1ccc(C(F)(F)F)cc1)C1CCn2cccc2C1c1ccccc1. The van der Waals surface area contributed by atoms with Crippen molar-refractivity contribution in [1.29, 1.82) is 0 Å².